The van der Waals surface area contributed by atoms with E-state index in [4.69, 9.17) is 9.26 Å². The summed E-state index contributed by atoms with van der Waals surface area (Å²) in [4.78, 5) is 4.54. The molecule has 0 fully saturated rings. The van der Waals surface area contributed by atoms with E-state index >= 15 is 0 Å². The fourth-order valence-corrected chi connectivity index (χ4v) is 3.96. The number of hydrogen-bond donors (Lipinski definition) is 0. The van der Waals surface area contributed by atoms with E-state index in [-0.39, 0.29) is 18.0 Å². The van der Waals surface area contributed by atoms with Gasteiger partial charge in [-0.2, -0.15) is 4.98 Å². The van der Waals surface area contributed by atoms with Gasteiger partial charge in [0.2, 0.25) is 10.0 Å². The minimum atomic E-state index is -3.56. The topological polar surface area (TPSA) is 85.5 Å². The van der Waals surface area contributed by atoms with Crippen LogP contribution in [0.5, 0.6) is 5.75 Å². The van der Waals surface area contributed by atoms with Crippen LogP contribution in [0.25, 0.3) is 0 Å². The Hall–Kier alpha value is -2.71. The first-order valence-electron chi connectivity index (χ1n) is 9.53. The van der Waals surface area contributed by atoms with Crippen LogP contribution in [0.3, 0.4) is 0 Å². The van der Waals surface area contributed by atoms with Crippen LogP contribution in [0.2, 0.25) is 0 Å². The number of hydrogen-bond acceptors (Lipinski definition) is 6. The van der Waals surface area contributed by atoms with E-state index in [0.717, 1.165) is 18.4 Å². The van der Waals surface area contributed by atoms with Crippen LogP contribution in [0, 0.1) is 0 Å². The second-order valence-electron chi connectivity index (χ2n) is 6.68. The van der Waals surface area contributed by atoms with E-state index in [1.54, 1.807) is 19.2 Å². The molecule has 1 aromatic heterocycles. The maximum Gasteiger partial charge on any atom is 0.264 e. The first-order valence-corrected chi connectivity index (χ1v) is 11.0. The fourth-order valence-electron chi connectivity index (χ4n) is 2.79. The monoisotopic (exact) mass is 415 g/mol. The third-order valence-corrected chi connectivity index (χ3v) is 6.31. The van der Waals surface area contributed by atoms with Crippen molar-refractivity contribution < 1.29 is 17.7 Å². The number of nitrogens with zero attached hydrogens (tertiary/aromatic N) is 3. The Morgan fingerprint density at radius 3 is 2.45 bits per heavy atom. The minimum Gasteiger partial charge on any atom is -0.484 e. The Kier molecular flexibility index (Phi) is 7.00. The van der Waals surface area contributed by atoms with Crippen LogP contribution in [0.1, 0.15) is 30.6 Å². The van der Waals surface area contributed by atoms with Gasteiger partial charge in [0.1, 0.15) is 5.75 Å². The standard InChI is InChI=1S/C21H25N3O4S/c1-3-7-17-10-12-19(13-11-17)29(25,26)24(2)15-14-20-22-21(28-23-20)16-27-18-8-5-4-6-9-18/h4-6,8-13H,3,7,14-16H2,1-2H3. The van der Waals surface area contributed by atoms with Crippen molar-refractivity contribution in [3.8, 4) is 5.75 Å². The molecule has 8 heteroatoms. The van der Waals surface area contributed by atoms with E-state index in [1.165, 1.54) is 4.31 Å². The van der Waals surface area contributed by atoms with Crippen LogP contribution in [0.4, 0.5) is 0 Å². The minimum absolute atomic E-state index is 0.162. The summed E-state index contributed by atoms with van der Waals surface area (Å²) in [6, 6.07) is 16.4. The van der Waals surface area contributed by atoms with Crippen LogP contribution in [0.15, 0.2) is 64.0 Å². The van der Waals surface area contributed by atoms with Gasteiger partial charge in [-0.3, -0.25) is 0 Å². The van der Waals surface area contributed by atoms with Crippen molar-refractivity contribution in [3.63, 3.8) is 0 Å². The molecule has 0 saturated heterocycles. The van der Waals surface area contributed by atoms with Crippen molar-refractivity contribution >= 4 is 10.0 Å². The molecule has 0 atom stereocenters. The summed E-state index contributed by atoms with van der Waals surface area (Å²) in [7, 11) is -2.01. The number of aromatic nitrogens is 2. The van der Waals surface area contributed by atoms with Crippen molar-refractivity contribution in [2.75, 3.05) is 13.6 Å². The van der Waals surface area contributed by atoms with Crippen LogP contribution < -0.4 is 4.74 Å². The Bertz CT molecular complexity index is 1000. The third kappa shape index (κ3) is 5.65. The number of rotatable bonds is 10. The molecule has 0 amide bonds. The second kappa shape index (κ2) is 9.67. The smallest absolute Gasteiger partial charge is 0.264 e. The van der Waals surface area contributed by atoms with Gasteiger partial charge in [0, 0.05) is 20.0 Å². The van der Waals surface area contributed by atoms with Gasteiger partial charge in [-0.05, 0) is 36.2 Å². The molecule has 0 bridgehead atoms. The fraction of sp³-hybridized carbons (Fsp3) is 0.333. The van der Waals surface area contributed by atoms with Crippen molar-refractivity contribution in [2.24, 2.45) is 0 Å². The van der Waals surface area contributed by atoms with Crippen molar-refractivity contribution in [3.05, 3.63) is 71.9 Å². The molecular weight excluding hydrogens is 390 g/mol. The van der Waals surface area contributed by atoms with Crippen molar-refractivity contribution in [1.82, 2.24) is 14.4 Å². The molecule has 0 unspecified atom stereocenters. The normalized spacial score (nSPS) is 11.7. The summed E-state index contributed by atoms with van der Waals surface area (Å²) in [5.74, 6) is 1.50. The molecular formula is C21H25N3O4S. The summed E-state index contributed by atoms with van der Waals surface area (Å²) in [6.07, 6.45) is 2.30. The van der Waals surface area contributed by atoms with Gasteiger partial charge in [0.25, 0.3) is 5.89 Å². The van der Waals surface area contributed by atoms with E-state index in [9.17, 15) is 8.42 Å². The largest absolute Gasteiger partial charge is 0.484 e. The number of sulfonamides is 1. The SMILES string of the molecule is CCCc1ccc(S(=O)(=O)N(C)CCc2noc(COc3ccccc3)n2)cc1. The lowest BCUT2D eigenvalue weighted by molar-refractivity contribution is 0.242. The third-order valence-electron chi connectivity index (χ3n) is 4.44. The molecule has 7 nitrogen and oxygen atoms in total. The van der Waals surface area contributed by atoms with E-state index in [2.05, 4.69) is 17.1 Å². The first-order chi connectivity index (χ1) is 14.0. The maximum atomic E-state index is 12.7. The molecule has 0 aliphatic carbocycles. The summed E-state index contributed by atoms with van der Waals surface area (Å²) < 4.78 is 37.5. The van der Waals surface area contributed by atoms with Gasteiger partial charge in [0.05, 0.1) is 4.90 Å². The van der Waals surface area contributed by atoms with Gasteiger partial charge in [-0.15, -0.1) is 0 Å². The summed E-state index contributed by atoms with van der Waals surface area (Å²) in [6.45, 7) is 2.50. The Morgan fingerprint density at radius 2 is 1.76 bits per heavy atom. The molecule has 0 radical (unpaired) electrons. The lowest BCUT2D eigenvalue weighted by atomic mass is 10.1. The van der Waals surface area contributed by atoms with Gasteiger partial charge in [-0.1, -0.05) is 48.8 Å². The number of para-hydroxylation sites is 1. The second-order valence-corrected chi connectivity index (χ2v) is 8.72. The Labute approximate surface area is 171 Å². The Morgan fingerprint density at radius 1 is 1.03 bits per heavy atom. The van der Waals surface area contributed by atoms with Gasteiger partial charge in [0.15, 0.2) is 12.4 Å². The number of aryl methyl sites for hydroxylation is 1. The lowest BCUT2D eigenvalue weighted by Gasteiger charge is -2.16. The average Bonchev–Trinajstić information content (AvgIpc) is 3.20. The summed E-state index contributed by atoms with van der Waals surface area (Å²) in [5.41, 5.74) is 1.13. The van der Waals surface area contributed by atoms with E-state index < -0.39 is 10.0 Å². The molecule has 3 aromatic rings. The number of likely N-dealkylation sites (N-methyl/N-ethyl adjacent to an activating group) is 1. The lowest BCUT2D eigenvalue weighted by Crippen LogP contribution is -2.29. The predicted molar refractivity (Wildman–Crippen MR) is 109 cm³/mol. The molecule has 0 spiro atoms. The van der Waals surface area contributed by atoms with Gasteiger partial charge < -0.3 is 9.26 Å². The zero-order chi connectivity index (χ0) is 20.7. The number of benzene rings is 2. The summed E-state index contributed by atoms with van der Waals surface area (Å²) >= 11 is 0. The first kappa shape index (κ1) is 21.0. The van der Waals surface area contributed by atoms with Gasteiger partial charge in [-0.25, -0.2) is 12.7 Å². The van der Waals surface area contributed by atoms with Crippen LogP contribution in [-0.2, 0) is 29.5 Å². The van der Waals surface area contributed by atoms with E-state index in [1.807, 2.05) is 42.5 Å². The van der Waals surface area contributed by atoms with Crippen LogP contribution >= 0.6 is 0 Å². The number of ether oxygens (including phenoxy) is 1. The van der Waals surface area contributed by atoms with E-state index in [0.29, 0.717) is 23.9 Å². The highest BCUT2D eigenvalue weighted by Gasteiger charge is 2.21. The average molecular weight is 416 g/mol. The quantitative estimate of drug-likeness (QED) is 0.504. The molecule has 1 heterocycles. The molecule has 0 saturated carbocycles. The zero-order valence-electron chi connectivity index (χ0n) is 16.6. The molecule has 0 N–H and O–H groups in total. The Balaban J connectivity index is 1.54. The highest BCUT2D eigenvalue weighted by atomic mass is 32.2. The molecule has 3 rings (SSSR count). The highest BCUT2D eigenvalue weighted by Crippen LogP contribution is 2.16. The summed E-state index contributed by atoms with van der Waals surface area (Å²) in [5, 5.41) is 3.90. The zero-order valence-corrected chi connectivity index (χ0v) is 17.4. The molecule has 154 valence electrons. The van der Waals surface area contributed by atoms with Crippen molar-refractivity contribution in [1.29, 1.82) is 0 Å². The molecule has 2 aromatic carbocycles. The van der Waals surface area contributed by atoms with Crippen molar-refractivity contribution in [2.45, 2.75) is 37.7 Å². The molecule has 0 aliphatic heterocycles. The molecule has 0 aliphatic rings. The predicted octanol–water partition coefficient (Wildman–Crippen LogP) is 3.46. The van der Waals surface area contributed by atoms with Gasteiger partial charge >= 0.3 is 0 Å². The highest BCUT2D eigenvalue weighted by molar-refractivity contribution is 7.89. The maximum absolute atomic E-state index is 12.7. The van der Waals surface area contributed by atoms with Crippen LogP contribution in [-0.4, -0.2) is 36.5 Å². The molecule has 29 heavy (non-hydrogen) atoms.